The number of carbonyl (C=O) groups excluding carboxylic acids is 1. The molecule has 0 amide bonds. The molecular weight excluding hydrogens is 503 g/mol. The maximum atomic E-state index is 13.1. The van der Waals surface area contributed by atoms with Crippen molar-refractivity contribution in [3.63, 3.8) is 0 Å². The molecule has 0 saturated carbocycles. The Morgan fingerprint density at radius 1 is 1.17 bits per heavy atom. The zero-order valence-corrected chi connectivity index (χ0v) is 21.9. The molecule has 2 aliphatic rings. The van der Waals surface area contributed by atoms with Crippen LogP contribution in [0.15, 0.2) is 52.2 Å². The van der Waals surface area contributed by atoms with Crippen molar-refractivity contribution in [2.24, 2.45) is 11.1 Å². The van der Waals surface area contributed by atoms with Crippen LogP contribution < -0.4 is 16.2 Å². The zero-order valence-electron chi connectivity index (χ0n) is 19.6. The maximum Gasteiger partial charge on any atom is 0.260 e. The van der Waals surface area contributed by atoms with E-state index in [1.807, 2.05) is 6.07 Å². The SMILES string of the molecule is CC(=O)Sc1ccc2c(c1)[C@@H](N)C1(CCN(c3cc(=O)n(-c4cccc(Cl)c4Cl)c(C)n3)CC1)C2. The standard InChI is InChI=1S/C26H26Cl2N4O2S/c1-15-30-22(13-23(34)32(15)21-5-3-4-20(27)24(21)28)31-10-8-26(9-11-31)14-17-6-7-18(35-16(2)33)12-19(17)25(26)29/h3-7,12-13,25H,8-11,14,29H2,1-2H3/t25-/m1/s1. The predicted molar refractivity (Wildman–Crippen MR) is 142 cm³/mol. The van der Waals surface area contributed by atoms with Crippen molar-refractivity contribution < 1.29 is 4.79 Å². The van der Waals surface area contributed by atoms with Gasteiger partial charge in [-0.2, -0.15) is 0 Å². The molecule has 1 atom stereocenters. The summed E-state index contributed by atoms with van der Waals surface area (Å²) in [6.45, 7) is 4.91. The lowest BCUT2D eigenvalue weighted by Crippen LogP contribution is -2.45. The van der Waals surface area contributed by atoms with Gasteiger partial charge in [-0.05, 0) is 67.0 Å². The normalized spacial score (nSPS) is 18.7. The van der Waals surface area contributed by atoms with Crippen LogP contribution in [0.1, 0.15) is 42.8 Å². The Labute approximate surface area is 218 Å². The van der Waals surface area contributed by atoms with Crippen molar-refractivity contribution in [1.29, 1.82) is 0 Å². The number of carbonyl (C=O) groups is 1. The third-order valence-corrected chi connectivity index (χ3v) is 8.83. The molecular formula is C26H26Cl2N4O2S. The minimum atomic E-state index is -0.197. The minimum absolute atomic E-state index is 0.0172. The van der Waals surface area contributed by atoms with Crippen molar-refractivity contribution in [3.8, 4) is 5.69 Å². The summed E-state index contributed by atoms with van der Waals surface area (Å²) in [6, 6.07) is 12.9. The van der Waals surface area contributed by atoms with Crippen LogP contribution in [0.2, 0.25) is 10.0 Å². The second-order valence-electron chi connectivity index (χ2n) is 9.37. The molecule has 2 heterocycles. The molecule has 182 valence electrons. The predicted octanol–water partition coefficient (Wildman–Crippen LogP) is 5.33. The number of piperidine rings is 1. The number of fused-ring (bicyclic) bond motifs is 1. The van der Waals surface area contributed by atoms with E-state index in [-0.39, 0.29) is 22.1 Å². The molecule has 1 aliphatic heterocycles. The van der Waals surface area contributed by atoms with Gasteiger partial charge in [0.2, 0.25) is 0 Å². The molecule has 9 heteroatoms. The van der Waals surface area contributed by atoms with Crippen LogP contribution in [0.4, 0.5) is 5.82 Å². The van der Waals surface area contributed by atoms with Crippen LogP contribution in [0, 0.1) is 12.3 Å². The number of aromatic nitrogens is 2. The fraction of sp³-hybridized carbons (Fsp3) is 0.346. The number of halogens is 2. The summed E-state index contributed by atoms with van der Waals surface area (Å²) in [4.78, 5) is 32.4. The Hall–Kier alpha value is -2.32. The Morgan fingerprint density at radius 2 is 1.91 bits per heavy atom. The van der Waals surface area contributed by atoms with Gasteiger partial charge in [-0.25, -0.2) is 4.98 Å². The molecule has 2 aromatic carbocycles. The molecule has 2 N–H and O–H groups in total. The van der Waals surface area contributed by atoms with Gasteiger partial charge >= 0.3 is 0 Å². The molecule has 3 aromatic rings. The number of anilines is 1. The van der Waals surface area contributed by atoms with Crippen molar-refractivity contribution in [1.82, 2.24) is 9.55 Å². The van der Waals surface area contributed by atoms with Crippen LogP contribution in [-0.2, 0) is 11.2 Å². The van der Waals surface area contributed by atoms with Gasteiger partial charge in [0.15, 0.2) is 5.12 Å². The molecule has 0 unspecified atom stereocenters. The first-order valence-electron chi connectivity index (χ1n) is 11.6. The van der Waals surface area contributed by atoms with E-state index >= 15 is 0 Å². The van der Waals surface area contributed by atoms with Crippen molar-refractivity contribution in [2.75, 3.05) is 18.0 Å². The number of thioether (sulfide) groups is 1. The number of nitrogens with two attached hydrogens (primary N) is 1. The highest BCUT2D eigenvalue weighted by atomic mass is 35.5. The van der Waals surface area contributed by atoms with Crippen molar-refractivity contribution in [2.45, 2.75) is 44.0 Å². The van der Waals surface area contributed by atoms with Gasteiger partial charge in [0, 0.05) is 37.0 Å². The summed E-state index contributed by atoms with van der Waals surface area (Å²) < 4.78 is 1.49. The van der Waals surface area contributed by atoms with E-state index in [0.29, 0.717) is 27.4 Å². The monoisotopic (exact) mass is 528 g/mol. The molecule has 35 heavy (non-hydrogen) atoms. The average molecular weight is 529 g/mol. The van der Waals surface area contributed by atoms with Gasteiger partial charge in [-0.15, -0.1) is 0 Å². The molecule has 6 nitrogen and oxygen atoms in total. The summed E-state index contributed by atoms with van der Waals surface area (Å²) in [5, 5.41) is 0.789. The molecule has 0 bridgehead atoms. The zero-order chi connectivity index (χ0) is 24.9. The largest absolute Gasteiger partial charge is 0.356 e. The maximum absolute atomic E-state index is 13.1. The third kappa shape index (κ3) is 4.40. The minimum Gasteiger partial charge on any atom is -0.356 e. The summed E-state index contributed by atoms with van der Waals surface area (Å²) in [7, 11) is 0. The van der Waals surface area contributed by atoms with Crippen LogP contribution in [-0.4, -0.2) is 27.8 Å². The van der Waals surface area contributed by atoms with Gasteiger partial charge in [0.05, 0.1) is 15.7 Å². The van der Waals surface area contributed by atoms with E-state index in [0.717, 1.165) is 42.8 Å². The quantitative estimate of drug-likeness (QED) is 0.462. The first-order chi connectivity index (χ1) is 16.7. The summed E-state index contributed by atoms with van der Waals surface area (Å²) in [5.74, 6) is 1.22. The van der Waals surface area contributed by atoms with Crippen molar-refractivity contribution in [3.05, 3.63) is 79.8 Å². The fourth-order valence-corrected chi connectivity index (χ4v) is 6.48. The summed E-state index contributed by atoms with van der Waals surface area (Å²) >= 11 is 13.8. The van der Waals surface area contributed by atoms with Gasteiger partial charge in [-0.1, -0.05) is 47.1 Å². The number of benzene rings is 2. The lowest BCUT2D eigenvalue weighted by Gasteiger charge is -2.42. The Morgan fingerprint density at radius 3 is 2.60 bits per heavy atom. The third-order valence-electron chi connectivity index (χ3n) is 7.24. The molecule has 1 fully saturated rings. The topological polar surface area (TPSA) is 81.2 Å². The first kappa shape index (κ1) is 24.4. The Kier molecular flexibility index (Phi) is 6.46. The number of nitrogens with zero attached hydrogens (tertiary/aromatic N) is 3. The molecule has 1 aliphatic carbocycles. The number of aryl methyl sites for hydroxylation is 1. The number of hydrogen-bond acceptors (Lipinski definition) is 6. The van der Waals surface area contributed by atoms with Crippen molar-refractivity contribution >= 4 is 45.9 Å². The molecule has 1 aromatic heterocycles. The van der Waals surface area contributed by atoms with E-state index < -0.39 is 0 Å². The van der Waals surface area contributed by atoms with Crippen LogP contribution in [0.5, 0.6) is 0 Å². The van der Waals surface area contributed by atoms with Gasteiger partial charge in [-0.3, -0.25) is 14.2 Å². The van der Waals surface area contributed by atoms with E-state index in [1.54, 1.807) is 38.1 Å². The molecule has 5 rings (SSSR count). The second-order valence-corrected chi connectivity index (χ2v) is 11.4. The molecule has 1 spiro atoms. The van der Waals surface area contributed by atoms with E-state index in [4.69, 9.17) is 33.9 Å². The average Bonchev–Trinajstić information content (AvgIpc) is 3.07. The van der Waals surface area contributed by atoms with Crippen LogP contribution in [0.25, 0.3) is 5.69 Å². The second kappa shape index (κ2) is 9.28. The Bertz CT molecular complexity index is 1380. The summed E-state index contributed by atoms with van der Waals surface area (Å²) in [5.41, 5.74) is 9.53. The van der Waals surface area contributed by atoms with E-state index in [9.17, 15) is 9.59 Å². The van der Waals surface area contributed by atoms with Gasteiger partial charge < -0.3 is 10.6 Å². The number of rotatable bonds is 3. The summed E-state index contributed by atoms with van der Waals surface area (Å²) in [6.07, 6.45) is 2.74. The highest BCUT2D eigenvalue weighted by Crippen LogP contribution is 2.51. The lowest BCUT2D eigenvalue weighted by molar-refractivity contribution is -0.109. The smallest absolute Gasteiger partial charge is 0.260 e. The van der Waals surface area contributed by atoms with Crippen LogP contribution in [0.3, 0.4) is 0 Å². The Balaban J connectivity index is 1.36. The number of hydrogen-bond donors (Lipinski definition) is 1. The highest BCUT2D eigenvalue weighted by Gasteiger charge is 2.46. The van der Waals surface area contributed by atoms with E-state index in [2.05, 4.69) is 17.0 Å². The highest BCUT2D eigenvalue weighted by molar-refractivity contribution is 8.13. The molecule has 1 saturated heterocycles. The molecule has 0 radical (unpaired) electrons. The fourth-order valence-electron chi connectivity index (χ4n) is 5.44. The van der Waals surface area contributed by atoms with E-state index in [1.165, 1.54) is 21.9 Å². The lowest BCUT2D eigenvalue weighted by atomic mass is 9.73. The van der Waals surface area contributed by atoms with Crippen LogP contribution >= 0.6 is 35.0 Å². The first-order valence-corrected chi connectivity index (χ1v) is 13.1. The van der Waals surface area contributed by atoms with Gasteiger partial charge in [0.1, 0.15) is 11.6 Å². The van der Waals surface area contributed by atoms with Gasteiger partial charge in [0.25, 0.3) is 5.56 Å².